The van der Waals surface area contributed by atoms with Gasteiger partial charge in [0.1, 0.15) is 11.5 Å². The highest BCUT2D eigenvalue weighted by atomic mass is 16.3. The number of hydrogen-bond acceptors (Lipinski definition) is 3. The van der Waals surface area contributed by atoms with Crippen LogP contribution in [0.2, 0.25) is 0 Å². The van der Waals surface area contributed by atoms with Crippen LogP contribution in [0.3, 0.4) is 0 Å². The summed E-state index contributed by atoms with van der Waals surface area (Å²) in [5.41, 5.74) is 5.13. The maximum absolute atomic E-state index is 5.61. The Morgan fingerprint density at radius 1 is 1.24 bits per heavy atom. The van der Waals surface area contributed by atoms with Crippen molar-refractivity contribution in [2.75, 3.05) is 0 Å². The van der Waals surface area contributed by atoms with Gasteiger partial charge in [0, 0.05) is 23.8 Å². The fraction of sp³-hybridized carbons (Fsp3) is 0.500. The van der Waals surface area contributed by atoms with Crippen molar-refractivity contribution >= 4 is 0 Å². The Labute approximate surface area is 126 Å². The van der Waals surface area contributed by atoms with E-state index >= 15 is 0 Å². The highest BCUT2D eigenvalue weighted by molar-refractivity contribution is 5.26. The molecule has 21 heavy (non-hydrogen) atoms. The van der Waals surface area contributed by atoms with E-state index in [1.165, 1.54) is 36.1 Å². The fourth-order valence-electron chi connectivity index (χ4n) is 3.17. The van der Waals surface area contributed by atoms with Gasteiger partial charge >= 0.3 is 0 Å². The van der Waals surface area contributed by atoms with Gasteiger partial charge in [-0.2, -0.15) is 0 Å². The molecule has 0 amide bonds. The van der Waals surface area contributed by atoms with Crippen LogP contribution in [0.25, 0.3) is 0 Å². The van der Waals surface area contributed by atoms with Crippen molar-refractivity contribution in [2.45, 2.75) is 59.0 Å². The van der Waals surface area contributed by atoms with Crippen LogP contribution < -0.4 is 5.32 Å². The summed E-state index contributed by atoms with van der Waals surface area (Å²) in [7, 11) is 0. The van der Waals surface area contributed by atoms with Crippen LogP contribution in [0.5, 0.6) is 0 Å². The first kappa shape index (κ1) is 14.3. The molecule has 0 saturated carbocycles. The molecule has 0 unspecified atom stereocenters. The molecule has 2 aromatic rings. The Kier molecular flexibility index (Phi) is 4.11. The van der Waals surface area contributed by atoms with Crippen molar-refractivity contribution < 1.29 is 4.42 Å². The zero-order chi connectivity index (χ0) is 14.8. The lowest BCUT2D eigenvalue weighted by Crippen LogP contribution is -2.19. The van der Waals surface area contributed by atoms with Gasteiger partial charge in [-0.15, -0.1) is 0 Å². The molecular formula is C18H24N2O. The molecule has 1 N–H and O–H groups in total. The molecule has 0 aromatic carbocycles. The number of nitrogens with one attached hydrogen (secondary N) is 1. The van der Waals surface area contributed by atoms with Crippen molar-refractivity contribution in [1.29, 1.82) is 0 Å². The summed E-state index contributed by atoms with van der Waals surface area (Å²) >= 11 is 0. The molecule has 1 atom stereocenters. The topological polar surface area (TPSA) is 38.1 Å². The highest BCUT2D eigenvalue weighted by Gasteiger charge is 2.14. The lowest BCUT2D eigenvalue weighted by Gasteiger charge is -2.17. The Morgan fingerprint density at radius 3 is 2.81 bits per heavy atom. The second-order valence-electron chi connectivity index (χ2n) is 6.09. The molecule has 3 nitrogen and oxygen atoms in total. The van der Waals surface area contributed by atoms with Crippen LogP contribution in [0.4, 0.5) is 0 Å². The lowest BCUT2D eigenvalue weighted by molar-refractivity contribution is 0.488. The van der Waals surface area contributed by atoms with Gasteiger partial charge < -0.3 is 9.73 Å². The normalized spacial score (nSPS) is 15.8. The molecule has 0 saturated heterocycles. The van der Waals surface area contributed by atoms with Crippen molar-refractivity contribution in [3.05, 3.63) is 52.2 Å². The summed E-state index contributed by atoms with van der Waals surface area (Å²) in [6, 6.07) is 6.82. The van der Waals surface area contributed by atoms with Gasteiger partial charge in [0.15, 0.2) is 0 Å². The average molecular weight is 284 g/mol. The highest BCUT2D eigenvalue weighted by Crippen LogP contribution is 2.22. The summed E-state index contributed by atoms with van der Waals surface area (Å²) in [5.74, 6) is 1.98. The Morgan fingerprint density at radius 2 is 2.05 bits per heavy atom. The minimum atomic E-state index is 0.278. The zero-order valence-corrected chi connectivity index (χ0v) is 13.2. The van der Waals surface area contributed by atoms with E-state index in [0.29, 0.717) is 0 Å². The number of pyridine rings is 1. The quantitative estimate of drug-likeness (QED) is 0.921. The third-order valence-corrected chi connectivity index (χ3v) is 4.37. The zero-order valence-electron chi connectivity index (χ0n) is 13.2. The van der Waals surface area contributed by atoms with E-state index in [1.54, 1.807) is 0 Å². The van der Waals surface area contributed by atoms with Gasteiger partial charge in [-0.1, -0.05) is 6.07 Å². The molecule has 0 fully saturated rings. The number of hydrogen-bond donors (Lipinski definition) is 1. The minimum Gasteiger partial charge on any atom is -0.466 e. The van der Waals surface area contributed by atoms with E-state index in [1.807, 2.05) is 13.8 Å². The molecule has 0 radical (unpaired) electrons. The molecule has 0 bridgehead atoms. The van der Waals surface area contributed by atoms with Crippen LogP contribution in [-0.4, -0.2) is 4.98 Å². The first-order valence-electron chi connectivity index (χ1n) is 7.91. The van der Waals surface area contributed by atoms with Gasteiger partial charge in [-0.25, -0.2) is 0 Å². The first-order chi connectivity index (χ1) is 10.1. The Bertz CT molecular complexity index is 630. The number of aromatic nitrogens is 1. The van der Waals surface area contributed by atoms with Crippen molar-refractivity contribution in [3.63, 3.8) is 0 Å². The van der Waals surface area contributed by atoms with Gasteiger partial charge in [-0.05, 0) is 64.2 Å². The molecule has 2 aromatic heterocycles. The number of furan rings is 1. The predicted octanol–water partition coefficient (Wildman–Crippen LogP) is 4.02. The first-order valence-corrected chi connectivity index (χ1v) is 7.91. The molecule has 3 heteroatoms. The summed E-state index contributed by atoms with van der Waals surface area (Å²) in [6.07, 6.45) is 4.92. The third kappa shape index (κ3) is 3.18. The van der Waals surface area contributed by atoms with Crippen molar-refractivity contribution in [1.82, 2.24) is 10.3 Å². The molecule has 112 valence electrons. The standard InChI is InChI=1S/C18H24N2O/c1-12-10-17(14(3)21-12)13(2)19-11-16-9-8-15-6-4-5-7-18(15)20-16/h8-10,13,19H,4-7,11H2,1-3H3/t13-/m0/s1. The molecular weight excluding hydrogens is 260 g/mol. The fourth-order valence-corrected chi connectivity index (χ4v) is 3.17. The molecule has 3 rings (SSSR count). The molecule has 2 heterocycles. The summed E-state index contributed by atoms with van der Waals surface area (Å²) in [6.45, 7) is 7.00. The minimum absolute atomic E-state index is 0.278. The van der Waals surface area contributed by atoms with Gasteiger partial charge in [0.2, 0.25) is 0 Å². The van der Waals surface area contributed by atoms with Gasteiger partial charge in [0.05, 0.1) is 5.69 Å². The Balaban J connectivity index is 1.66. The van der Waals surface area contributed by atoms with Gasteiger partial charge in [-0.3, -0.25) is 4.98 Å². The lowest BCUT2D eigenvalue weighted by atomic mass is 9.96. The van der Waals surface area contributed by atoms with E-state index in [2.05, 4.69) is 30.4 Å². The van der Waals surface area contributed by atoms with Gasteiger partial charge in [0.25, 0.3) is 0 Å². The van der Waals surface area contributed by atoms with E-state index in [9.17, 15) is 0 Å². The SMILES string of the molecule is Cc1cc([C@H](C)NCc2ccc3c(n2)CCCC3)c(C)o1. The number of aryl methyl sites for hydroxylation is 4. The van der Waals surface area contributed by atoms with Crippen molar-refractivity contribution in [3.8, 4) is 0 Å². The monoisotopic (exact) mass is 284 g/mol. The maximum atomic E-state index is 5.61. The molecule has 1 aliphatic rings. The van der Waals surface area contributed by atoms with Crippen LogP contribution >= 0.6 is 0 Å². The molecule has 0 spiro atoms. The molecule has 0 aliphatic heterocycles. The third-order valence-electron chi connectivity index (χ3n) is 4.37. The number of fused-ring (bicyclic) bond motifs is 1. The average Bonchev–Trinajstić information content (AvgIpc) is 2.83. The summed E-state index contributed by atoms with van der Waals surface area (Å²) in [4.78, 5) is 4.82. The number of nitrogens with zero attached hydrogens (tertiary/aromatic N) is 1. The van der Waals surface area contributed by atoms with Crippen LogP contribution in [0, 0.1) is 13.8 Å². The summed E-state index contributed by atoms with van der Waals surface area (Å²) < 4.78 is 5.61. The predicted molar refractivity (Wildman–Crippen MR) is 84.3 cm³/mol. The van der Waals surface area contributed by atoms with E-state index in [4.69, 9.17) is 9.40 Å². The van der Waals surface area contributed by atoms with Crippen LogP contribution in [0.1, 0.15) is 59.8 Å². The largest absolute Gasteiger partial charge is 0.466 e. The van der Waals surface area contributed by atoms with Crippen LogP contribution in [-0.2, 0) is 19.4 Å². The number of rotatable bonds is 4. The summed E-state index contributed by atoms with van der Waals surface area (Å²) in [5, 5.41) is 3.55. The van der Waals surface area contributed by atoms with E-state index < -0.39 is 0 Å². The van der Waals surface area contributed by atoms with E-state index in [0.717, 1.165) is 30.2 Å². The molecule has 1 aliphatic carbocycles. The van der Waals surface area contributed by atoms with Crippen molar-refractivity contribution in [2.24, 2.45) is 0 Å². The van der Waals surface area contributed by atoms with E-state index in [-0.39, 0.29) is 6.04 Å². The second kappa shape index (κ2) is 6.02. The Hall–Kier alpha value is -1.61. The maximum Gasteiger partial charge on any atom is 0.105 e. The second-order valence-corrected chi connectivity index (χ2v) is 6.09. The smallest absolute Gasteiger partial charge is 0.105 e. The van der Waals surface area contributed by atoms with Crippen LogP contribution in [0.15, 0.2) is 22.6 Å².